The van der Waals surface area contributed by atoms with Crippen LogP contribution in [0.4, 0.5) is 10.1 Å². The van der Waals surface area contributed by atoms with E-state index in [1.165, 1.54) is 6.07 Å². The Morgan fingerprint density at radius 2 is 1.89 bits per heavy atom. The summed E-state index contributed by atoms with van der Waals surface area (Å²) < 4.78 is 14.3. The molecule has 0 saturated heterocycles. The minimum Gasteiger partial charge on any atom is -0.378 e. The SMILES string of the molecule is O=C(CNc1ccccc1)c1ccc(Br)c(Cl)c1F. The van der Waals surface area contributed by atoms with Gasteiger partial charge in [0.15, 0.2) is 11.6 Å². The van der Waals surface area contributed by atoms with Crippen LogP contribution >= 0.6 is 27.5 Å². The van der Waals surface area contributed by atoms with E-state index < -0.39 is 5.82 Å². The largest absolute Gasteiger partial charge is 0.378 e. The van der Waals surface area contributed by atoms with Crippen molar-refractivity contribution < 1.29 is 9.18 Å². The molecular weight excluding hydrogens is 333 g/mol. The van der Waals surface area contributed by atoms with Crippen LogP contribution in [0.25, 0.3) is 0 Å². The van der Waals surface area contributed by atoms with Gasteiger partial charge in [0.05, 0.1) is 17.1 Å². The molecule has 0 spiro atoms. The summed E-state index contributed by atoms with van der Waals surface area (Å²) in [4.78, 5) is 11.9. The topological polar surface area (TPSA) is 29.1 Å². The Morgan fingerprint density at radius 1 is 1.21 bits per heavy atom. The lowest BCUT2D eigenvalue weighted by Crippen LogP contribution is -2.15. The maximum absolute atomic E-state index is 13.8. The molecule has 0 radical (unpaired) electrons. The van der Waals surface area contributed by atoms with Crippen LogP contribution in [0, 0.1) is 5.82 Å². The van der Waals surface area contributed by atoms with Crippen molar-refractivity contribution in [1.82, 2.24) is 0 Å². The van der Waals surface area contributed by atoms with Crippen molar-refractivity contribution in [3.63, 3.8) is 0 Å². The van der Waals surface area contributed by atoms with Gasteiger partial charge in [0.2, 0.25) is 0 Å². The fraction of sp³-hybridized carbons (Fsp3) is 0.0714. The summed E-state index contributed by atoms with van der Waals surface area (Å²) >= 11 is 8.86. The lowest BCUT2D eigenvalue weighted by atomic mass is 10.1. The molecule has 98 valence electrons. The standard InChI is InChI=1S/C14H10BrClFNO/c15-11-7-6-10(14(17)13(11)16)12(19)8-18-9-4-2-1-3-5-9/h1-7,18H,8H2. The van der Waals surface area contributed by atoms with E-state index in [1.54, 1.807) is 6.07 Å². The van der Waals surface area contributed by atoms with Crippen LogP contribution < -0.4 is 5.32 Å². The van der Waals surface area contributed by atoms with Crippen molar-refractivity contribution in [1.29, 1.82) is 0 Å². The normalized spacial score (nSPS) is 10.3. The second-order valence-corrected chi connectivity index (χ2v) is 5.10. The predicted molar refractivity (Wildman–Crippen MR) is 78.4 cm³/mol. The Bertz CT molecular complexity index is 604. The molecule has 0 unspecified atom stereocenters. The van der Waals surface area contributed by atoms with Gasteiger partial charge in [-0.2, -0.15) is 0 Å². The van der Waals surface area contributed by atoms with Gasteiger partial charge in [0, 0.05) is 10.2 Å². The van der Waals surface area contributed by atoms with Crippen molar-refractivity contribution in [2.24, 2.45) is 0 Å². The summed E-state index contributed by atoms with van der Waals surface area (Å²) in [7, 11) is 0. The van der Waals surface area contributed by atoms with E-state index in [0.717, 1.165) is 5.69 Å². The van der Waals surface area contributed by atoms with E-state index in [9.17, 15) is 9.18 Å². The summed E-state index contributed by atoms with van der Waals surface area (Å²) in [6.07, 6.45) is 0. The number of carbonyl (C=O) groups excluding carboxylic acids is 1. The minimum atomic E-state index is -0.698. The molecule has 0 atom stereocenters. The molecule has 0 aliphatic rings. The van der Waals surface area contributed by atoms with Crippen molar-refractivity contribution in [3.8, 4) is 0 Å². The van der Waals surface area contributed by atoms with Crippen molar-refractivity contribution in [3.05, 3.63) is 63.3 Å². The van der Waals surface area contributed by atoms with E-state index in [2.05, 4.69) is 21.2 Å². The summed E-state index contributed by atoms with van der Waals surface area (Å²) in [5.41, 5.74) is 0.788. The van der Waals surface area contributed by atoms with Crippen LogP contribution in [0.15, 0.2) is 46.9 Å². The number of carbonyl (C=O) groups is 1. The van der Waals surface area contributed by atoms with Crippen LogP contribution in [0.2, 0.25) is 5.02 Å². The molecule has 19 heavy (non-hydrogen) atoms. The monoisotopic (exact) mass is 341 g/mol. The zero-order chi connectivity index (χ0) is 13.8. The van der Waals surface area contributed by atoms with Gasteiger partial charge in [-0.15, -0.1) is 0 Å². The van der Waals surface area contributed by atoms with Crippen LogP contribution in [0.1, 0.15) is 10.4 Å². The molecule has 2 rings (SSSR count). The number of hydrogen-bond donors (Lipinski definition) is 1. The third kappa shape index (κ3) is 3.33. The first kappa shape index (κ1) is 14.0. The Hall–Kier alpha value is -1.39. The lowest BCUT2D eigenvalue weighted by Gasteiger charge is -2.07. The minimum absolute atomic E-state index is 0.0128. The highest BCUT2D eigenvalue weighted by molar-refractivity contribution is 9.10. The first-order valence-electron chi connectivity index (χ1n) is 5.55. The molecule has 0 aliphatic carbocycles. The van der Waals surface area contributed by atoms with Gasteiger partial charge < -0.3 is 5.32 Å². The van der Waals surface area contributed by atoms with Crippen molar-refractivity contribution in [2.45, 2.75) is 0 Å². The number of nitrogens with one attached hydrogen (secondary N) is 1. The summed E-state index contributed by atoms with van der Waals surface area (Å²) in [5.74, 6) is -1.05. The van der Waals surface area contributed by atoms with Crippen molar-refractivity contribution in [2.75, 3.05) is 11.9 Å². The highest BCUT2D eigenvalue weighted by Gasteiger charge is 2.16. The first-order chi connectivity index (χ1) is 9.09. The van der Waals surface area contributed by atoms with Gasteiger partial charge >= 0.3 is 0 Å². The zero-order valence-corrected chi connectivity index (χ0v) is 12.1. The summed E-state index contributed by atoms with van der Waals surface area (Å²) in [6.45, 7) is 0.0128. The van der Waals surface area contributed by atoms with Gasteiger partial charge in [0.25, 0.3) is 0 Å². The number of ketones is 1. The third-order valence-electron chi connectivity index (χ3n) is 2.56. The van der Waals surface area contributed by atoms with E-state index >= 15 is 0 Å². The number of benzene rings is 2. The second kappa shape index (κ2) is 6.17. The molecule has 2 nitrogen and oxygen atoms in total. The average Bonchev–Trinajstić information content (AvgIpc) is 2.43. The first-order valence-corrected chi connectivity index (χ1v) is 6.72. The number of rotatable bonds is 4. The maximum atomic E-state index is 13.8. The van der Waals surface area contributed by atoms with Crippen molar-refractivity contribution >= 4 is 39.0 Å². The van der Waals surface area contributed by atoms with Gasteiger partial charge in [-0.3, -0.25) is 4.79 Å². The molecule has 0 bridgehead atoms. The maximum Gasteiger partial charge on any atom is 0.184 e. The summed E-state index contributed by atoms with van der Waals surface area (Å²) in [6, 6.07) is 12.2. The van der Waals surface area contributed by atoms with Gasteiger partial charge in [-0.1, -0.05) is 29.8 Å². The molecule has 0 saturated carbocycles. The Kier molecular flexibility index (Phi) is 4.56. The number of halogens is 3. The Morgan fingerprint density at radius 3 is 2.58 bits per heavy atom. The van der Waals surface area contributed by atoms with Gasteiger partial charge in [-0.05, 0) is 40.2 Å². The van der Waals surface area contributed by atoms with Gasteiger partial charge in [0.1, 0.15) is 0 Å². The molecular formula is C14H10BrClFNO. The van der Waals surface area contributed by atoms with E-state index in [1.807, 2.05) is 30.3 Å². The van der Waals surface area contributed by atoms with Crippen LogP contribution in [-0.4, -0.2) is 12.3 Å². The molecule has 0 aliphatic heterocycles. The molecule has 0 aromatic heterocycles. The number of Topliss-reactive ketones (excluding diaryl/α,β-unsaturated/α-hetero) is 1. The molecule has 0 heterocycles. The quantitative estimate of drug-likeness (QED) is 0.653. The third-order valence-corrected chi connectivity index (χ3v) is 3.82. The highest BCUT2D eigenvalue weighted by Crippen LogP contribution is 2.27. The average molecular weight is 343 g/mol. The smallest absolute Gasteiger partial charge is 0.184 e. The number of anilines is 1. The number of hydrogen-bond acceptors (Lipinski definition) is 2. The molecule has 2 aromatic carbocycles. The summed E-state index contributed by atoms with van der Waals surface area (Å²) in [5, 5.41) is 2.85. The molecule has 0 fully saturated rings. The number of para-hydroxylation sites is 1. The highest BCUT2D eigenvalue weighted by atomic mass is 79.9. The van der Waals surface area contributed by atoms with E-state index in [0.29, 0.717) is 4.47 Å². The Labute approximate surface area is 123 Å². The second-order valence-electron chi connectivity index (χ2n) is 3.87. The van der Waals surface area contributed by atoms with Crippen LogP contribution in [0.5, 0.6) is 0 Å². The van der Waals surface area contributed by atoms with E-state index in [-0.39, 0.29) is 22.9 Å². The lowest BCUT2D eigenvalue weighted by molar-refractivity contribution is 0.100. The molecule has 2 aromatic rings. The van der Waals surface area contributed by atoms with E-state index in [4.69, 9.17) is 11.6 Å². The Balaban J connectivity index is 2.11. The molecule has 0 amide bonds. The fourth-order valence-corrected chi connectivity index (χ4v) is 2.05. The predicted octanol–water partition coefficient (Wildman–Crippen LogP) is 4.54. The van der Waals surface area contributed by atoms with Gasteiger partial charge in [-0.25, -0.2) is 4.39 Å². The van der Waals surface area contributed by atoms with Crippen LogP contribution in [-0.2, 0) is 0 Å². The zero-order valence-electron chi connectivity index (χ0n) is 9.79. The molecule has 5 heteroatoms. The fourth-order valence-electron chi connectivity index (χ4n) is 1.57. The molecule has 1 N–H and O–H groups in total. The van der Waals surface area contributed by atoms with Crippen LogP contribution in [0.3, 0.4) is 0 Å².